The van der Waals surface area contributed by atoms with Crippen LogP contribution in [-0.2, 0) is 58.3 Å². The van der Waals surface area contributed by atoms with Crippen LogP contribution in [0.25, 0.3) is 43.6 Å². The number of hydrogen-bond donors (Lipinski definition) is 0. The molecular weight excluding hydrogens is 1910 g/mol. The smallest absolute Gasteiger partial charge is 0.224 e. The summed E-state index contributed by atoms with van der Waals surface area (Å²) in [6, 6.07) is 28.2. The molecule has 12 aromatic rings. The summed E-state index contributed by atoms with van der Waals surface area (Å²) in [5.74, 6) is 3.79. The van der Waals surface area contributed by atoms with Gasteiger partial charge in [0.2, 0.25) is 63.7 Å². The molecule has 8 aliphatic rings. The molecule has 0 amide bonds. The zero-order chi connectivity index (χ0) is 91.0. The third-order valence-corrected chi connectivity index (χ3v) is 38.3. The van der Waals surface area contributed by atoms with E-state index >= 15 is 0 Å². The monoisotopic (exact) mass is 2010 g/mol. The van der Waals surface area contributed by atoms with Crippen molar-refractivity contribution in [2.45, 2.75) is 88.4 Å². The molecule has 43 heteroatoms. The molecule has 31 nitrogen and oxygen atoms in total. The molecular formula is C88H103Cl4N19O12S8. The molecule has 0 N–H and O–H groups in total. The van der Waals surface area contributed by atoms with Gasteiger partial charge in [-0.2, -0.15) is 19.9 Å². The number of nitrogens with zero attached hydrogens (tertiary/aromatic N) is 19. The van der Waals surface area contributed by atoms with Crippen molar-refractivity contribution in [3.63, 3.8) is 0 Å². The highest BCUT2D eigenvalue weighted by atomic mass is 35.5. The van der Waals surface area contributed by atoms with E-state index in [1.54, 1.807) is 28.3 Å². The molecule has 8 saturated heterocycles. The second-order valence-corrected chi connectivity index (χ2v) is 48.0. The Morgan fingerprint density at radius 2 is 0.641 bits per heavy atom. The van der Waals surface area contributed by atoms with Gasteiger partial charge in [-0.1, -0.05) is 19.9 Å². The van der Waals surface area contributed by atoms with Crippen LogP contribution in [0.1, 0.15) is 76.8 Å². The number of rotatable bonds is 21. The lowest BCUT2D eigenvalue weighted by Crippen LogP contribution is -2.39. The van der Waals surface area contributed by atoms with Crippen LogP contribution in [0.2, 0.25) is 21.1 Å². The van der Waals surface area contributed by atoms with Crippen molar-refractivity contribution in [3.8, 4) is 0 Å². The summed E-state index contributed by atoms with van der Waals surface area (Å²) in [5.41, 5.74) is 8.38. The number of thiophene rings is 1. The van der Waals surface area contributed by atoms with Crippen molar-refractivity contribution >= 4 is 221 Å². The third-order valence-electron chi connectivity index (χ3n) is 24.6. The minimum absolute atomic E-state index is 0.00318. The molecule has 8 aromatic heterocycles. The average Bonchev–Trinajstić information content (AvgIpc) is 0.928. The molecule has 698 valence electrons. The molecule has 0 radical (unpaired) electrons. The van der Waals surface area contributed by atoms with Gasteiger partial charge in [-0.15, -0.1) is 45.3 Å². The van der Waals surface area contributed by atoms with Gasteiger partial charge in [-0.25, -0.2) is 68.6 Å². The zero-order valence-electron chi connectivity index (χ0n) is 72.6. The number of piperidine rings is 4. The number of ether oxygens (including phenoxy) is 4. The maximum Gasteiger partial charge on any atom is 0.224 e. The Bertz CT molecular complexity index is 5990. The lowest BCUT2D eigenvalue weighted by molar-refractivity contribution is 0.122. The topological polar surface area (TPSA) is 341 Å². The fraction of sp³-hybridized carbons (Fsp3) is 0.489. The summed E-state index contributed by atoms with van der Waals surface area (Å²) in [6.07, 6.45) is 10.1. The summed E-state index contributed by atoms with van der Waals surface area (Å²) in [5, 5.41) is 11.6. The summed E-state index contributed by atoms with van der Waals surface area (Å²) < 4.78 is 126. The van der Waals surface area contributed by atoms with E-state index in [9.17, 15) is 33.7 Å². The molecule has 4 aromatic carbocycles. The van der Waals surface area contributed by atoms with Crippen LogP contribution in [0, 0.1) is 23.7 Å². The summed E-state index contributed by atoms with van der Waals surface area (Å²) in [7, 11) is -13.5. The fourth-order valence-corrected chi connectivity index (χ4v) is 29.8. The largest absolute Gasteiger partial charge is 0.378 e. The van der Waals surface area contributed by atoms with Crippen molar-refractivity contribution < 1.29 is 52.6 Å². The van der Waals surface area contributed by atoms with Crippen molar-refractivity contribution in [1.29, 1.82) is 0 Å². The van der Waals surface area contributed by atoms with Gasteiger partial charge in [0.25, 0.3) is 0 Å². The standard InChI is InChI=1S/C24H30ClN5O3S2.C22H25ClN4O3S2.2C21H24ClN5O3S2/c1-16(2)21-14-34-24(27-21)35(31,32)15-17-4-3-7-30(13-17)22-19-6-5-18(29-8-10-33-11-9-29)12-20(19)26-23(25)28-22;23-22-24-19-13-17(26-8-10-30-11-9-26)5-6-18(19)21(25-22)27-7-1-3-16(14-27)15-32(28,29)20-4-2-12-31-20;2*22-20-24-18-12-16(26-7-9-30-10-8-26)3-4-17(18)19(25-20)27-6-1-2-15(13-27)14-32(28,29)21-23-5-11-31-21/h5-6,12,14,16-17H,3-4,7-11,13,15H2,1-2H3;2,4-6,12-13,16H,1,3,7-11,14-15H2;2*3-5,11-12,15H,1-2,6-10,13-14H2/t;;2*15-/m..10/s1. The number of thiazole rings is 3. The predicted molar refractivity (Wildman–Crippen MR) is 523 cm³/mol. The van der Waals surface area contributed by atoms with E-state index < -0.39 is 39.3 Å². The molecule has 0 bridgehead atoms. The number of fused-ring (bicyclic) bond motifs is 4. The van der Waals surface area contributed by atoms with E-state index in [2.05, 4.69) is 143 Å². The van der Waals surface area contributed by atoms with Crippen molar-refractivity contribution in [1.82, 2.24) is 54.8 Å². The molecule has 16 heterocycles. The number of aromatic nitrogens is 11. The number of benzene rings is 4. The Labute approximate surface area is 798 Å². The predicted octanol–water partition coefficient (Wildman–Crippen LogP) is 14.8. The van der Waals surface area contributed by atoms with Gasteiger partial charge in [-0.3, -0.25) is 0 Å². The summed E-state index contributed by atoms with van der Waals surface area (Å²) >= 11 is 30.1. The quantitative estimate of drug-likeness (QED) is 0.0603. The van der Waals surface area contributed by atoms with Crippen molar-refractivity contribution in [2.24, 2.45) is 23.7 Å². The van der Waals surface area contributed by atoms with Gasteiger partial charge in [0.05, 0.1) is 104 Å². The molecule has 8 aliphatic heterocycles. The lowest BCUT2D eigenvalue weighted by Gasteiger charge is -2.34. The minimum atomic E-state index is -3.44. The Morgan fingerprint density at radius 1 is 0.344 bits per heavy atom. The molecule has 0 spiro atoms. The highest BCUT2D eigenvalue weighted by molar-refractivity contribution is 7.94. The first-order valence-electron chi connectivity index (χ1n) is 44.2. The number of sulfone groups is 4. The number of halogens is 4. The normalized spacial score (nSPS) is 20.0. The zero-order valence-corrected chi connectivity index (χ0v) is 82.1. The Morgan fingerprint density at radius 3 is 0.908 bits per heavy atom. The second-order valence-electron chi connectivity index (χ2n) is 34.1. The maximum atomic E-state index is 13.1. The number of hydrogen-bond acceptors (Lipinski definition) is 35. The van der Waals surface area contributed by atoms with Gasteiger partial charge in [0, 0.05) is 178 Å². The van der Waals surface area contributed by atoms with Gasteiger partial charge < -0.3 is 58.1 Å². The van der Waals surface area contributed by atoms with Crippen LogP contribution in [-0.4, -0.2) is 269 Å². The lowest BCUT2D eigenvalue weighted by atomic mass is 9.99. The van der Waals surface area contributed by atoms with Gasteiger partial charge in [-0.05, 0) is 212 Å². The van der Waals surface area contributed by atoms with Crippen LogP contribution in [0.4, 0.5) is 46.0 Å². The molecule has 0 aliphatic carbocycles. The minimum Gasteiger partial charge on any atom is -0.378 e. The molecule has 131 heavy (non-hydrogen) atoms. The van der Waals surface area contributed by atoms with E-state index in [0.29, 0.717) is 70.0 Å². The Kier molecular flexibility index (Phi) is 30.8. The molecule has 8 fully saturated rings. The Balaban J connectivity index is 0.000000122. The van der Waals surface area contributed by atoms with Gasteiger partial charge in [0.15, 0.2) is 9.84 Å². The van der Waals surface area contributed by atoms with E-state index in [0.717, 1.165) is 238 Å². The molecule has 20 rings (SSSR count). The summed E-state index contributed by atoms with van der Waals surface area (Å²) in [4.78, 5) is 66.2. The van der Waals surface area contributed by atoms with Crippen LogP contribution < -0.4 is 39.2 Å². The highest BCUT2D eigenvalue weighted by Crippen LogP contribution is 2.40. The fourth-order valence-electron chi connectivity index (χ4n) is 18.3. The first-order chi connectivity index (χ1) is 63.3. The summed E-state index contributed by atoms with van der Waals surface area (Å²) in [6.45, 7) is 22.2. The van der Waals surface area contributed by atoms with Crippen molar-refractivity contribution in [2.75, 3.05) is 220 Å². The van der Waals surface area contributed by atoms with Gasteiger partial charge >= 0.3 is 0 Å². The van der Waals surface area contributed by atoms with Crippen LogP contribution in [0.3, 0.4) is 0 Å². The SMILES string of the molecule is CC(C)c1csc(S(=O)(=O)CC2CCCN(c3nc(Cl)nc4cc(N5CCOCC5)ccc34)C2)n1.O=S(=O)(CC1CCCN(c2nc(Cl)nc3cc(N4CCOCC4)ccc23)C1)c1cccs1.O=S(=O)(C[C@@H]1CCCN(c2nc(Cl)nc3cc(N4CCOCC4)ccc23)C1)c1nccs1.O=S(=O)(C[C@H]1CCCN(c2nc(Cl)nc3cc(N4CCOCC4)ccc23)C1)c1nccs1. The first-order valence-corrected chi connectivity index (χ1v) is 55.8. The average molecular weight is 2020 g/mol. The van der Waals surface area contributed by atoms with E-state index in [-0.39, 0.29) is 86.8 Å². The van der Waals surface area contributed by atoms with Crippen LogP contribution in [0.5, 0.6) is 0 Å². The highest BCUT2D eigenvalue weighted by Gasteiger charge is 2.36. The van der Waals surface area contributed by atoms with Crippen LogP contribution in [0.15, 0.2) is 136 Å². The van der Waals surface area contributed by atoms with Gasteiger partial charge in [0.1, 0.15) is 27.5 Å². The van der Waals surface area contributed by atoms with Crippen LogP contribution >= 0.6 is 91.8 Å². The van der Waals surface area contributed by atoms with E-state index in [1.165, 1.54) is 57.7 Å². The number of anilines is 8. The Hall–Kier alpha value is -7.97. The molecule has 4 atom stereocenters. The number of morpholine rings is 4. The third kappa shape index (κ3) is 23.4. The van der Waals surface area contributed by atoms with E-state index in [4.69, 9.17) is 65.4 Å². The maximum absolute atomic E-state index is 13.1. The second kappa shape index (κ2) is 42.5. The van der Waals surface area contributed by atoms with E-state index in [1.807, 2.05) is 43.5 Å². The van der Waals surface area contributed by atoms with Crippen molar-refractivity contribution in [3.05, 3.63) is 146 Å². The molecule has 0 saturated carbocycles. The first kappa shape index (κ1) is 94.8. The molecule has 2 unspecified atom stereocenters.